The van der Waals surface area contributed by atoms with Gasteiger partial charge in [-0.05, 0) is 24.3 Å². The Morgan fingerprint density at radius 2 is 2.29 bits per heavy atom. The number of carbonyl (C=O) groups excluding carboxylic acids is 1. The molecule has 1 amide bonds. The number of nitrogens with one attached hydrogen (secondary N) is 1. The molecular formula is C12H13N3O2. The summed E-state index contributed by atoms with van der Waals surface area (Å²) in [4.78, 5) is 11.7. The molecule has 5 heteroatoms. The normalized spacial score (nSPS) is 10.1. The molecule has 17 heavy (non-hydrogen) atoms. The maximum Gasteiger partial charge on any atom is 0.251 e. The molecule has 2 N–H and O–H groups in total. The number of hydrogen-bond acceptors (Lipinski definition) is 3. The van der Waals surface area contributed by atoms with Gasteiger partial charge in [0.1, 0.15) is 5.75 Å². The zero-order valence-electron chi connectivity index (χ0n) is 9.21. The van der Waals surface area contributed by atoms with E-state index in [-0.39, 0.29) is 11.7 Å². The van der Waals surface area contributed by atoms with Gasteiger partial charge in [-0.1, -0.05) is 6.07 Å². The van der Waals surface area contributed by atoms with Gasteiger partial charge in [0.05, 0.1) is 6.54 Å². The van der Waals surface area contributed by atoms with Crippen molar-refractivity contribution in [1.82, 2.24) is 15.1 Å². The van der Waals surface area contributed by atoms with E-state index in [1.165, 1.54) is 12.1 Å². The van der Waals surface area contributed by atoms with Crippen LogP contribution in [0.5, 0.6) is 5.75 Å². The predicted octanol–water partition coefficient (Wildman–Crippen LogP) is 1.02. The van der Waals surface area contributed by atoms with E-state index in [1.54, 1.807) is 23.0 Å². The SMILES string of the molecule is O=C(NCCn1cccn1)c1cccc(O)c1. The Balaban J connectivity index is 1.85. The number of hydrogen-bond donors (Lipinski definition) is 2. The van der Waals surface area contributed by atoms with Gasteiger partial charge in [0.2, 0.25) is 0 Å². The summed E-state index contributed by atoms with van der Waals surface area (Å²) >= 11 is 0. The zero-order valence-corrected chi connectivity index (χ0v) is 9.21. The Labute approximate surface area is 98.7 Å². The molecule has 0 aliphatic heterocycles. The molecule has 1 heterocycles. The van der Waals surface area contributed by atoms with E-state index in [2.05, 4.69) is 10.4 Å². The van der Waals surface area contributed by atoms with Crippen LogP contribution in [0.4, 0.5) is 0 Å². The number of aromatic hydroxyl groups is 1. The highest BCUT2D eigenvalue weighted by Gasteiger charge is 2.04. The number of nitrogens with zero attached hydrogens (tertiary/aromatic N) is 2. The third-order valence-electron chi connectivity index (χ3n) is 2.29. The first kappa shape index (κ1) is 11.2. The largest absolute Gasteiger partial charge is 0.508 e. The standard InChI is InChI=1S/C12H13N3O2/c16-11-4-1-3-10(9-11)12(17)13-6-8-15-7-2-5-14-15/h1-5,7,9,16H,6,8H2,(H,13,17). The van der Waals surface area contributed by atoms with Crippen molar-refractivity contribution in [2.24, 2.45) is 0 Å². The van der Waals surface area contributed by atoms with Crippen LogP contribution in [0.3, 0.4) is 0 Å². The fourth-order valence-electron chi connectivity index (χ4n) is 1.47. The topological polar surface area (TPSA) is 67.2 Å². The van der Waals surface area contributed by atoms with Crippen LogP contribution in [-0.2, 0) is 6.54 Å². The Bertz CT molecular complexity index is 494. The van der Waals surface area contributed by atoms with Crippen molar-refractivity contribution < 1.29 is 9.90 Å². The van der Waals surface area contributed by atoms with Gasteiger partial charge in [-0.15, -0.1) is 0 Å². The van der Waals surface area contributed by atoms with Crippen molar-refractivity contribution in [1.29, 1.82) is 0 Å². The predicted molar refractivity (Wildman–Crippen MR) is 62.7 cm³/mol. The molecule has 2 aromatic rings. The monoisotopic (exact) mass is 231 g/mol. The molecule has 1 aromatic carbocycles. The Morgan fingerprint density at radius 3 is 3.00 bits per heavy atom. The van der Waals surface area contributed by atoms with E-state index in [0.29, 0.717) is 18.7 Å². The van der Waals surface area contributed by atoms with Gasteiger partial charge < -0.3 is 10.4 Å². The first-order valence-electron chi connectivity index (χ1n) is 5.30. The molecule has 0 unspecified atom stereocenters. The summed E-state index contributed by atoms with van der Waals surface area (Å²) in [6.07, 6.45) is 3.53. The number of phenols is 1. The lowest BCUT2D eigenvalue weighted by Gasteiger charge is -2.05. The maximum atomic E-state index is 11.7. The van der Waals surface area contributed by atoms with Gasteiger partial charge in [0.25, 0.3) is 5.91 Å². The molecule has 0 saturated heterocycles. The molecule has 0 bridgehead atoms. The summed E-state index contributed by atoms with van der Waals surface area (Å²) < 4.78 is 1.74. The van der Waals surface area contributed by atoms with Crippen LogP contribution in [0, 0.1) is 0 Å². The smallest absolute Gasteiger partial charge is 0.251 e. The van der Waals surface area contributed by atoms with Gasteiger partial charge in [-0.3, -0.25) is 9.48 Å². The second-order valence-electron chi connectivity index (χ2n) is 3.58. The molecule has 88 valence electrons. The third-order valence-corrected chi connectivity index (χ3v) is 2.29. The zero-order chi connectivity index (χ0) is 12.1. The number of carbonyl (C=O) groups is 1. The number of phenolic OH excluding ortho intramolecular Hbond substituents is 1. The van der Waals surface area contributed by atoms with Gasteiger partial charge in [-0.25, -0.2) is 0 Å². The van der Waals surface area contributed by atoms with Crippen LogP contribution in [0.1, 0.15) is 10.4 Å². The molecular weight excluding hydrogens is 218 g/mol. The summed E-state index contributed by atoms with van der Waals surface area (Å²) in [5.74, 6) is -0.113. The molecule has 0 spiro atoms. The average molecular weight is 231 g/mol. The number of benzene rings is 1. The minimum Gasteiger partial charge on any atom is -0.508 e. The second-order valence-corrected chi connectivity index (χ2v) is 3.58. The first-order chi connectivity index (χ1) is 8.25. The second kappa shape index (κ2) is 5.16. The maximum absolute atomic E-state index is 11.7. The van der Waals surface area contributed by atoms with Crippen LogP contribution in [0.15, 0.2) is 42.7 Å². The van der Waals surface area contributed by atoms with Gasteiger partial charge in [-0.2, -0.15) is 5.10 Å². The summed E-state index contributed by atoms with van der Waals surface area (Å²) in [5.41, 5.74) is 0.450. The molecule has 0 fully saturated rings. The number of amides is 1. The first-order valence-corrected chi connectivity index (χ1v) is 5.30. The molecule has 0 aliphatic carbocycles. The summed E-state index contributed by atoms with van der Waals surface area (Å²) in [5, 5.41) is 16.0. The minimum atomic E-state index is -0.201. The van der Waals surface area contributed by atoms with E-state index in [1.807, 2.05) is 12.3 Å². The van der Waals surface area contributed by atoms with Crippen LogP contribution in [0.25, 0.3) is 0 Å². The summed E-state index contributed by atoms with van der Waals surface area (Å²) in [7, 11) is 0. The number of aromatic nitrogens is 2. The van der Waals surface area contributed by atoms with E-state index in [9.17, 15) is 9.90 Å². The number of rotatable bonds is 4. The van der Waals surface area contributed by atoms with Gasteiger partial charge >= 0.3 is 0 Å². The lowest BCUT2D eigenvalue weighted by atomic mass is 10.2. The Kier molecular flexibility index (Phi) is 3.40. The van der Waals surface area contributed by atoms with Crippen molar-refractivity contribution >= 4 is 5.91 Å². The molecule has 5 nitrogen and oxygen atoms in total. The molecule has 2 rings (SSSR count). The van der Waals surface area contributed by atoms with E-state index in [0.717, 1.165) is 0 Å². The van der Waals surface area contributed by atoms with Gasteiger partial charge in [0, 0.05) is 24.5 Å². The van der Waals surface area contributed by atoms with E-state index in [4.69, 9.17) is 0 Å². The molecule has 0 saturated carbocycles. The van der Waals surface area contributed by atoms with Crippen molar-refractivity contribution in [3.8, 4) is 5.75 Å². The molecule has 0 atom stereocenters. The lowest BCUT2D eigenvalue weighted by molar-refractivity contribution is 0.0951. The highest BCUT2D eigenvalue weighted by Crippen LogP contribution is 2.10. The lowest BCUT2D eigenvalue weighted by Crippen LogP contribution is -2.27. The van der Waals surface area contributed by atoms with E-state index >= 15 is 0 Å². The minimum absolute atomic E-state index is 0.0877. The van der Waals surface area contributed by atoms with Crippen molar-refractivity contribution in [2.45, 2.75) is 6.54 Å². The van der Waals surface area contributed by atoms with Crippen LogP contribution < -0.4 is 5.32 Å². The van der Waals surface area contributed by atoms with Crippen LogP contribution in [0.2, 0.25) is 0 Å². The van der Waals surface area contributed by atoms with Crippen LogP contribution in [-0.4, -0.2) is 27.3 Å². The fraction of sp³-hybridized carbons (Fsp3) is 0.167. The van der Waals surface area contributed by atoms with Crippen LogP contribution >= 0.6 is 0 Å². The fourth-order valence-corrected chi connectivity index (χ4v) is 1.47. The molecule has 0 aliphatic rings. The van der Waals surface area contributed by atoms with Crippen molar-refractivity contribution in [3.63, 3.8) is 0 Å². The highest BCUT2D eigenvalue weighted by molar-refractivity contribution is 5.94. The van der Waals surface area contributed by atoms with Crippen molar-refractivity contribution in [2.75, 3.05) is 6.54 Å². The highest BCUT2D eigenvalue weighted by atomic mass is 16.3. The Morgan fingerprint density at radius 1 is 1.41 bits per heavy atom. The third kappa shape index (κ3) is 3.07. The van der Waals surface area contributed by atoms with Crippen molar-refractivity contribution in [3.05, 3.63) is 48.3 Å². The molecule has 1 aromatic heterocycles. The Hall–Kier alpha value is -2.30. The quantitative estimate of drug-likeness (QED) is 0.825. The van der Waals surface area contributed by atoms with Gasteiger partial charge in [0.15, 0.2) is 0 Å². The summed E-state index contributed by atoms with van der Waals surface area (Å²) in [6, 6.07) is 8.08. The average Bonchev–Trinajstić information content (AvgIpc) is 2.82. The summed E-state index contributed by atoms with van der Waals surface area (Å²) in [6.45, 7) is 1.12. The van der Waals surface area contributed by atoms with E-state index < -0.39 is 0 Å². The molecule has 0 radical (unpaired) electrons.